The van der Waals surface area contributed by atoms with Crippen LogP contribution >= 0.6 is 15.9 Å². The predicted octanol–water partition coefficient (Wildman–Crippen LogP) is 4.02. The summed E-state index contributed by atoms with van der Waals surface area (Å²) in [6.45, 7) is 4.27. The second-order valence-corrected chi connectivity index (χ2v) is 4.09. The molecule has 0 aliphatic heterocycles. The third-order valence-corrected chi connectivity index (χ3v) is 2.32. The summed E-state index contributed by atoms with van der Waals surface area (Å²) in [5.41, 5.74) is 0. The van der Waals surface area contributed by atoms with Crippen molar-refractivity contribution in [3.63, 3.8) is 0 Å². The summed E-state index contributed by atoms with van der Waals surface area (Å²) in [6.07, 6.45) is 2.57. The van der Waals surface area contributed by atoms with E-state index in [0.29, 0.717) is 6.10 Å². The van der Waals surface area contributed by atoms with Crippen LogP contribution in [-0.4, -0.2) is 6.10 Å². The van der Waals surface area contributed by atoms with Crippen LogP contribution in [0.4, 0.5) is 0 Å². The number of halogens is 1. The smallest absolute Gasteiger partial charge is 0.120 e. The molecule has 1 unspecified atom stereocenters. The van der Waals surface area contributed by atoms with Crippen molar-refractivity contribution in [2.24, 2.45) is 0 Å². The Morgan fingerprint density at radius 3 is 2.85 bits per heavy atom. The minimum absolute atomic E-state index is 0.305. The Morgan fingerprint density at radius 1 is 1.46 bits per heavy atom. The third-order valence-electron chi connectivity index (χ3n) is 1.83. The molecule has 1 aromatic carbocycles. The van der Waals surface area contributed by atoms with E-state index in [2.05, 4.69) is 29.8 Å². The lowest BCUT2D eigenvalue weighted by Gasteiger charge is -2.13. The van der Waals surface area contributed by atoms with Crippen LogP contribution in [0, 0.1) is 0 Å². The van der Waals surface area contributed by atoms with Gasteiger partial charge in [0.25, 0.3) is 0 Å². The molecule has 0 bridgehead atoms. The molecule has 0 aromatic heterocycles. The standard InChI is InChI=1S/C11H15BrO/c1-3-5-9(2)13-11-7-4-6-10(12)8-11/h4,6-9H,3,5H2,1-2H3. The van der Waals surface area contributed by atoms with Crippen molar-refractivity contribution >= 4 is 15.9 Å². The summed E-state index contributed by atoms with van der Waals surface area (Å²) in [4.78, 5) is 0. The van der Waals surface area contributed by atoms with Gasteiger partial charge in [0.2, 0.25) is 0 Å². The van der Waals surface area contributed by atoms with Gasteiger partial charge in [0.15, 0.2) is 0 Å². The molecule has 13 heavy (non-hydrogen) atoms. The van der Waals surface area contributed by atoms with Crippen LogP contribution in [0.5, 0.6) is 5.75 Å². The first kappa shape index (κ1) is 10.6. The lowest BCUT2D eigenvalue weighted by Crippen LogP contribution is -2.10. The Labute approximate surface area is 88.2 Å². The summed E-state index contributed by atoms with van der Waals surface area (Å²) in [5, 5.41) is 0. The zero-order valence-corrected chi connectivity index (χ0v) is 9.67. The summed E-state index contributed by atoms with van der Waals surface area (Å²) in [6, 6.07) is 7.96. The molecule has 0 N–H and O–H groups in total. The largest absolute Gasteiger partial charge is 0.491 e. The SMILES string of the molecule is CCCC(C)Oc1cccc(Br)c1. The van der Waals surface area contributed by atoms with Gasteiger partial charge >= 0.3 is 0 Å². The van der Waals surface area contributed by atoms with E-state index in [1.165, 1.54) is 0 Å². The van der Waals surface area contributed by atoms with Gasteiger partial charge in [-0.1, -0.05) is 35.3 Å². The van der Waals surface area contributed by atoms with E-state index in [1.807, 2.05) is 24.3 Å². The number of rotatable bonds is 4. The van der Waals surface area contributed by atoms with Crippen LogP contribution in [0.1, 0.15) is 26.7 Å². The monoisotopic (exact) mass is 242 g/mol. The molecule has 0 heterocycles. The molecular weight excluding hydrogens is 228 g/mol. The molecule has 0 radical (unpaired) electrons. The quantitative estimate of drug-likeness (QED) is 0.776. The molecule has 1 aromatic rings. The molecule has 0 saturated heterocycles. The van der Waals surface area contributed by atoms with Crippen molar-refractivity contribution < 1.29 is 4.74 Å². The van der Waals surface area contributed by atoms with E-state index in [-0.39, 0.29) is 0 Å². The topological polar surface area (TPSA) is 9.23 Å². The fourth-order valence-corrected chi connectivity index (χ4v) is 1.62. The second kappa shape index (κ2) is 5.28. The third kappa shape index (κ3) is 3.81. The molecular formula is C11H15BrO. The predicted molar refractivity (Wildman–Crippen MR) is 59.1 cm³/mol. The lowest BCUT2D eigenvalue weighted by atomic mass is 10.2. The Morgan fingerprint density at radius 2 is 2.23 bits per heavy atom. The lowest BCUT2D eigenvalue weighted by molar-refractivity contribution is 0.210. The first-order valence-electron chi connectivity index (χ1n) is 4.64. The van der Waals surface area contributed by atoms with Crippen molar-refractivity contribution in [1.82, 2.24) is 0 Å². The first-order valence-corrected chi connectivity index (χ1v) is 5.44. The van der Waals surface area contributed by atoms with Crippen LogP contribution in [0.2, 0.25) is 0 Å². The fourth-order valence-electron chi connectivity index (χ4n) is 1.24. The molecule has 0 saturated carbocycles. The minimum atomic E-state index is 0.305. The molecule has 1 nitrogen and oxygen atoms in total. The van der Waals surface area contributed by atoms with Crippen molar-refractivity contribution in [3.05, 3.63) is 28.7 Å². The maximum absolute atomic E-state index is 5.71. The van der Waals surface area contributed by atoms with Gasteiger partial charge in [-0.2, -0.15) is 0 Å². The van der Waals surface area contributed by atoms with Crippen LogP contribution in [-0.2, 0) is 0 Å². The summed E-state index contributed by atoms with van der Waals surface area (Å²) >= 11 is 3.41. The highest BCUT2D eigenvalue weighted by Crippen LogP contribution is 2.19. The van der Waals surface area contributed by atoms with E-state index >= 15 is 0 Å². The molecule has 0 spiro atoms. The van der Waals surface area contributed by atoms with Crippen molar-refractivity contribution in [3.8, 4) is 5.75 Å². The highest BCUT2D eigenvalue weighted by atomic mass is 79.9. The summed E-state index contributed by atoms with van der Waals surface area (Å²) in [7, 11) is 0. The maximum Gasteiger partial charge on any atom is 0.120 e. The van der Waals surface area contributed by atoms with Crippen LogP contribution in [0.25, 0.3) is 0 Å². The van der Waals surface area contributed by atoms with Crippen LogP contribution in [0.15, 0.2) is 28.7 Å². The van der Waals surface area contributed by atoms with Crippen LogP contribution in [0.3, 0.4) is 0 Å². The Hall–Kier alpha value is -0.500. The average Bonchev–Trinajstić information content (AvgIpc) is 2.04. The highest BCUT2D eigenvalue weighted by Gasteiger charge is 2.01. The molecule has 0 amide bonds. The van der Waals surface area contributed by atoms with Gasteiger partial charge in [-0.25, -0.2) is 0 Å². The summed E-state index contributed by atoms with van der Waals surface area (Å²) in [5.74, 6) is 0.940. The van der Waals surface area contributed by atoms with Crippen molar-refractivity contribution in [2.45, 2.75) is 32.8 Å². The molecule has 0 aliphatic carbocycles. The maximum atomic E-state index is 5.71. The van der Waals surface area contributed by atoms with Crippen LogP contribution < -0.4 is 4.74 Å². The number of hydrogen-bond donors (Lipinski definition) is 0. The zero-order valence-electron chi connectivity index (χ0n) is 8.09. The Bertz CT molecular complexity index is 260. The Kier molecular flexibility index (Phi) is 4.29. The van der Waals surface area contributed by atoms with E-state index in [4.69, 9.17) is 4.74 Å². The Balaban J connectivity index is 2.53. The number of ether oxygens (including phenoxy) is 1. The van der Waals surface area contributed by atoms with Gasteiger partial charge < -0.3 is 4.74 Å². The average molecular weight is 243 g/mol. The van der Waals surface area contributed by atoms with E-state index in [0.717, 1.165) is 23.1 Å². The van der Waals surface area contributed by atoms with Gasteiger partial charge in [-0.3, -0.25) is 0 Å². The fraction of sp³-hybridized carbons (Fsp3) is 0.455. The van der Waals surface area contributed by atoms with Gasteiger partial charge in [-0.15, -0.1) is 0 Å². The van der Waals surface area contributed by atoms with Gasteiger partial charge in [0.1, 0.15) is 5.75 Å². The van der Waals surface area contributed by atoms with Gasteiger partial charge in [0.05, 0.1) is 6.10 Å². The molecule has 72 valence electrons. The molecule has 0 fully saturated rings. The van der Waals surface area contributed by atoms with Crippen molar-refractivity contribution in [1.29, 1.82) is 0 Å². The first-order chi connectivity index (χ1) is 6.22. The molecule has 0 aliphatic rings. The summed E-state index contributed by atoms with van der Waals surface area (Å²) < 4.78 is 6.77. The molecule has 1 rings (SSSR count). The highest BCUT2D eigenvalue weighted by molar-refractivity contribution is 9.10. The van der Waals surface area contributed by atoms with E-state index in [1.54, 1.807) is 0 Å². The molecule has 1 atom stereocenters. The number of hydrogen-bond acceptors (Lipinski definition) is 1. The number of benzene rings is 1. The van der Waals surface area contributed by atoms with E-state index in [9.17, 15) is 0 Å². The van der Waals surface area contributed by atoms with E-state index < -0.39 is 0 Å². The zero-order chi connectivity index (χ0) is 9.68. The van der Waals surface area contributed by atoms with Gasteiger partial charge in [0, 0.05) is 4.47 Å². The van der Waals surface area contributed by atoms with Gasteiger partial charge in [-0.05, 0) is 31.5 Å². The second-order valence-electron chi connectivity index (χ2n) is 3.17. The normalized spacial score (nSPS) is 12.5. The van der Waals surface area contributed by atoms with Crippen molar-refractivity contribution in [2.75, 3.05) is 0 Å². The molecule has 2 heteroatoms. The minimum Gasteiger partial charge on any atom is -0.491 e.